The summed E-state index contributed by atoms with van der Waals surface area (Å²) in [4.78, 5) is 0. The lowest BCUT2D eigenvalue weighted by atomic mass is 10.1. The summed E-state index contributed by atoms with van der Waals surface area (Å²) in [5.74, 6) is 0.508. The third-order valence-electron chi connectivity index (χ3n) is 3.33. The first-order valence-corrected chi connectivity index (χ1v) is 5.84. The topological polar surface area (TPSA) is 69.7 Å². The van der Waals surface area contributed by atoms with Crippen LogP contribution < -0.4 is 10.4 Å². The van der Waals surface area contributed by atoms with Crippen molar-refractivity contribution in [1.29, 1.82) is 0 Å². The fraction of sp³-hybridized carbons (Fsp3) is 0. The van der Waals surface area contributed by atoms with Crippen LogP contribution in [0.3, 0.4) is 0 Å². The van der Waals surface area contributed by atoms with Gasteiger partial charge in [-0.1, -0.05) is 30.3 Å². The first kappa shape index (κ1) is 10.1. The van der Waals surface area contributed by atoms with Gasteiger partial charge in [-0.05, 0) is 38.2 Å². The third-order valence-corrected chi connectivity index (χ3v) is 3.33. The minimum atomic E-state index is 0.170. The highest BCUT2D eigenvalue weighted by Crippen LogP contribution is 2.20. The lowest BCUT2D eigenvalue weighted by Crippen LogP contribution is -2.05. The van der Waals surface area contributed by atoms with E-state index in [0.29, 0.717) is 11.0 Å². The van der Waals surface area contributed by atoms with E-state index in [-0.39, 0.29) is 5.75 Å². The lowest BCUT2D eigenvalue weighted by Gasteiger charge is -1.99. The molecule has 0 amide bonds. The molecule has 2 aromatic rings. The second kappa shape index (κ2) is 3.58. The number of hydrogen-bond donors (Lipinski definition) is 1. The Morgan fingerprint density at radius 1 is 0.789 bits per heavy atom. The largest absolute Gasteiger partial charge is 0.507 e. The summed E-state index contributed by atoms with van der Waals surface area (Å²) >= 11 is 0. The fourth-order valence-corrected chi connectivity index (χ4v) is 2.45. The Balaban J connectivity index is 2.20. The van der Waals surface area contributed by atoms with E-state index in [0.717, 1.165) is 21.2 Å². The molecule has 0 aromatic heterocycles. The molecular formula is C14H8N4O. The number of phenolic OH excluding ortho intramolecular Hbond substituents is 1. The molecule has 0 unspecified atom stereocenters. The molecule has 1 aliphatic heterocycles. The van der Waals surface area contributed by atoms with Crippen LogP contribution in [0.4, 0.5) is 0 Å². The Labute approximate surface area is 107 Å². The van der Waals surface area contributed by atoms with Gasteiger partial charge in [0.15, 0.2) is 0 Å². The van der Waals surface area contributed by atoms with E-state index in [1.165, 1.54) is 0 Å². The van der Waals surface area contributed by atoms with Gasteiger partial charge in [-0.2, -0.15) is 0 Å². The summed E-state index contributed by atoms with van der Waals surface area (Å²) in [6.45, 7) is 0. The maximum atomic E-state index is 10.4. The summed E-state index contributed by atoms with van der Waals surface area (Å²) in [7, 11) is 0. The average molecular weight is 248 g/mol. The second-order valence-electron chi connectivity index (χ2n) is 4.36. The van der Waals surface area contributed by atoms with Crippen molar-refractivity contribution in [2.24, 2.45) is 20.7 Å². The van der Waals surface area contributed by atoms with Crippen molar-refractivity contribution in [2.75, 3.05) is 0 Å². The van der Waals surface area contributed by atoms with Crippen LogP contribution in [0.15, 0.2) is 57.1 Å². The zero-order chi connectivity index (χ0) is 12.8. The average Bonchev–Trinajstić information content (AvgIpc) is 3.06. The van der Waals surface area contributed by atoms with Gasteiger partial charge < -0.3 is 5.11 Å². The maximum absolute atomic E-state index is 10.4. The van der Waals surface area contributed by atoms with E-state index in [4.69, 9.17) is 0 Å². The van der Waals surface area contributed by atoms with E-state index in [1.807, 2.05) is 36.4 Å². The summed E-state index contributed by atoms with van der Waals surface area (Å²) < 4.78 is 0. The molecule has 4 rings (SSSR count). The van der Waals surface area contributed by atoms with E-state index < -0.39 is 0 Å². The minimum absolute atomic E-state index is 0.170. The van der Waals surface area contributed by atoms with Crippen LogP contribution >= 0.6 is 0 Å². The highest BCUT2D eigenvalue weighted by Gasteiger charge is 2.11. The van der Waals surface area contributed by atoms with Crippen LogP contribution in [0, 0.1) is 10.4 Å². The summed E-state index contributed by atoms with van der Waals surface area (Å²) in [5.41, 5.74) is 0.795. The molecule has 0 atom stereocenters. The Hall–Kier alpha value is -2.82. The molecule has 19 heavy (non-hydrogen) atoms. The molecule has 0 saturated heterocycles. The first-order chi connectivity index (χ1) is 9.34. The molecule has 0 saturated carbocycles. The number of rotatable bonds is 0. The second-order valence-corrected chi connectivity index (χ2v) is 4.36. The predicted octanol–water partition coefficient (Wildman–Crippen LogP) is 1.72. The third kappa shape index (κ3) is 1.35. The molecule has 0 bridgehead atoms. The zero-order valence-corrected chi connectivity index (χ0v) is 9.78. The lowest BCUT2D eigenvalue weighted by molar-refractivity contribution is 0.469. The molecule has 1 aliphatic carbocycles. The van der Waals surface area contributed by atoms with Crippen LogP contribution in [0.2, 0.25) is 0 Å². The van der Waals surface area contributed by atoms with Crippen molar-refractivity contribution >= 4 is 11.9 Å². The fourth-order valence-electron chi connectivity index (χ4n) is 2.45. The van der Waals surface area contributed by atoms with E-state index in [9.17, 15) is 5.11 Å². The van der Waals surface area contributed by atoms with E-state index in [2.05, 4.69) is 20.7 Å². The molecule has 2 aliphatic rings. The smallest absolute Gasteiger partial charge is 0.210 e. The number of nitrogens with zero attached hydrogens (tertiary/aromatic N) is 4. The molecular weight excluding hydrogens is 240 g/mol. The number of phenols is 1. The van der Waals surface area contributed by atoms with Crippen molar-refractivity contribution in [3.63, 3.8) is 0 Å². The molecule has 1 heterocycles. The number of fused-ring (bicyclic) bond motifs is 2. The number of benzene rings is 2. The molecule has 0 spiro atoms. The molecule has 1 N–H and O–H groups in total. The van der Waals surface area contributed by atoms with Crippen molar-refractivity contribution in [1.82, 2.24) is 0 Å². The van der Waals surface area contributed by atoms with Gasteiger partial charge in [-0.15, -0.1) is 10.2 Å². The van der Waals surface area contributed by atoms with Gasteiger partial charge in [0.25, 0.3) is 0 Å². The predicted molar refractivity (Wildman–Crippen MR) is 68.2 cm³/mol. The zero-order valence-electron chi connectivity index (χ0n) is 9.78. The van der Waals surface area contributed by atoms with Gasteiger partial charge in [0, 0.05) is 5.56 Å². The standard InChI is InChI=1S/C14H8N4O/c19-13-11(14-15-17-18-16-14)6-5-10-9-4-2-1-3-8(9)7-12(10)13/h1-7,19H. The Morgan fingerprint density at radius 2 is 1.53 bits per heavy atom. The molecule has 0 radical (unpaired) electrons. The Morgan fingerprint density at radius 3 is 2.37 bits per heavy atom. The summed E-state index contributed by atoms with van der Waals surface area (Å²) in [6.07, 6.45) is 1.97. The Bertz CT molecular complexity index is 959. The highest BCUT2D eigenvalue weighted by molar-refractivity contribution is 5.64. The quantitative estimate of drug-likeness (QED) is 0.646. The van der Waals surface area contributed by atoms with E-state index in [1.54, 1.807) is 6.07 Å². The van der Waals surface area contributed by atoms with Gasteiger partial charge in [-0.3, -0.25) is 0 Å². The molecule has 5 heteroatoms. The normalized spacial score (nSPS) is 14.4. The van der Waals surface area contributed by atoms with Crippen LogP contribution in [0.5, 0.6) is 5.75 Å². The minimum Gasteiger partial charge on any atom is -0.507 e. The van der Waals surface area contributed by atoms with Crippen molar-refractivity contribution in [3.8, 4) is 5.75 Å². The molecule has 90 valence electrons. The van der Waals surface area contributed by atoms with Gasteiger partial charge >= 0.3 is 0 Å². The molecule has 5 nitrogen and oxygen atoms in total. The summed E-state index contributed by atoms with van der Waals surface area (Å²) in [6, 6.07) is 11.8. The number of aromatic hydroxyl groups is 1. The van der Waals surface area contributed by atoms with Crippen molar-refractivity contribution in [3.05, 3.63) is 62.8 Å². The first-order valence-electron chi connectivity index (χ1n) is 5.84. The monoisotopic (exact) mass is 248 g/mol. The van der Waals surface area contributed by atoms with Gasteiger partial charge in [0.1, 0.15) is 5.75 Å². The SMILES string of the molecule is Oc1c2c(ccc1=C1N=NN=N1)=c1ccccc1=C2. The van der Waals surface area contributed by atoms with Crippen molar-refractivity contribution < 1.29 is 5.11 Å². The molecule has 0 fully saturated rings. The maximum Gasteiger partial charge on any atom is 0.210 e. The van der Waals surface area contributed by atoms with Crippen LogP contribution in [0.1, 0.15) is 5.56 Å². The van der Waals surface area contributed by atoms with Crippen molar-refractivity contribution in [2.45, 2.75) is 0 Å². The Kier molecular flexibility index (Phi) is 1.91. The van der Waals surface area contributed by atoms with Gasteiger partial charge in [0.05, 0.1) is 5.22 Å². The van der Waals surface area contributed by atoms with Crippen LogP contribution in [-0.4, -0.2) is 5.11 Å². The van der Waals surface area contributed by atoms with Crippen LogP contribution in [-0.2, 0) is 0 Å². The summed E-state index contributed by atoms with van der Waals surface area (Å²) in [5, 5.41) is 28.6. The van der Waals surface area contributed by atoms with Gasteiger partial charge in [0.2, 0.25) is 5.82 Å². The number of hydrogen-bond acceptors (Lipinski definition) is 5. The highest BCUT2D eigenvalue weighted by atomic mass is 16.3. The van der Waals surface area contributed by atoms with E-state index >= 15 is 0 Å². The molecule has 2 aromatic carbocycles. The van der Waals surface area contributed by atoms with Gasteiger partial charge in [-0.25, -0.2) is 0 Å². The van der Waals surface area contributed by atoms with Crippen LogP contribution in [0.25, 0.3) is 11.9 Å².